The van der Waals surface area contributed by atoms with E-state index in [1.807, 2.05) is 13.8 Å². The van der Waals surface area contributed by atoms with Crippen LogP contribution in [0.5, 0.6) is 11.5 Å². The number of pyridine rings is 2. The van der Waals surface area contributed by atoms with E-state index in [4.69, 9.17) is 22.1 Å². The number of nitrogens with two attached hydrogens (primary N) is 1. The molecule has 0 fully saturated rings. The first-order valence-corrected chi connectivity index (χ1v) is 5.47. The normalized spacial score (nSPS) is 10.3. The zero-order valence-corrected chi connectivity index (χ0v) is 10.3. The summed E-state index contributed by atoms with van der Waals surface area (Å²) in [5, 5.41) is 0.390. The van der Waals surface area contributed by atoms with Crippen molar-refractivity contribution in [2.45, 2.75) is 13.8 Å². The van der Waals surface area contributed by atoms with Gasteiger partial charge >= 0.3 is 0 Å². The van der Waals surface area contributed by atoms with Gasteiger partial charge in [-0.05, 0) is 31.5 Å². The van der Waals surface area contributed by atoms with E-state index in [2.05, 4.69) is 9.97 Å². The lowest BCUT2D eigenvalue weighted by atomic mass is 10.2. The highest BCUT2D eigenvalue weighted by Gasteiger charge is 2.08. The van der Waals surface area contributed by atoms with Gasteiger partial charge in [0.1, 0.15) is 16.7 Å². The van der Waals surface area contributed by atoms with Crippen LogP contribution in [0.3, 0.4) is 0 Å². The molecule has 0 bridgehead atoms. The molecule has 0 amide bonds. The minimum Gasteiger partial charge on any atom is -0.455 e. The molecule has 0 saturated heterocycles. The van der Waals surface area contributed by atoms with Crippen molar-refractivity contribution in [2.24, 2.45) is 0 Å². The summed E-state index contributed by atoms with van der Waals surface area (Å²) in [4.78, 5) is 8.05. The average molecular weight is 250 g/mol. The number of ether oxygens (including phenoxy) is 1. The van der Waals surface area contributed by atoms with Crippen molar-refractivity contribution in [2.75, 3.05) is 5.73 Å². The molecule has 2 rings (SSSR count). The largest absolute Gasteiger partial charge is 0.455 e. The number of halogens is 1. The molecule has 4 nitrogen and oxygen atoms in total. The van der Waals surface area contributed by atoms with Crippen LogP contribution >= 0.6 is 11.6 Å². The van der Waals surface area contributed by atoms with Crippen molar-refractivity contribution < 1.29 is 4.74 Å². The maximum atomic E-state index is 5.79. The summed E-state index contributed by atoms with van der Waals surface area (Å²) in [5.41, 5.74) is 7.33. The quantitative estimate of drug-likeness (QED) is 0.831. The summed E-state index contributed by atoms with van der Waals surface area (Å²) < 4.78 is 5.73. The molecule has 88 valence electrons. The van der Waals surface area contributed by atoms with Crippen LogP contribution in [-0.2, 0) is 0 Å². The molecule has 0 spiro atoms. The molecule has 0 atom stereocenters. The monoisotopic (exact) mass is 249 g/mol. The van der Waals surface area contributed by atoms with Crippen LogP contribution in [0.15, 0.2) is 24.4 Å². The van der Waals surface area contributed by atoms with Gasteiger partial charge < -0.3 is 10.5 Å². The van der Waals surface area contributed by atoms with E-state index in [1.54, 1.807) is 24.4 Å². The molecule has 0 aliphatic heterocycles. The third kappa shape index (κ3) is 2.65. The lowest BCUT2D eigenvalue weighted by molar-refractivity contribution is 0.471. The van der Waals surface area contributed by atoms with Crippen LogP contribution in [-0.4, -0.2) is 9.97 Å². The van der Waals surface area contributed by atoms with Crippen molar-refractivity contribution in [3.05, 3.63) is 40.8 Å². The van der Waals surface area contributed by atoms with E-state index in [9.17, 15) is 0 Å². The van der Waals surface area contributed by atoms with Crippen LogP contribution in [0, 0.1) is 13.8 Å². The maximum absolute atomic E-state index is 5.79. The lowest BCUT2D eigenvalue weighted by Crippen LogP contribution is -1.98. The van der Waals surface area contributed by atoms with Gasteiger partial charge in [-0.25, -0.2) is 9.97 Å². The van der Waals surface area contributed by atoms with Crippen molar-refractivity contribution in [3.8, 4) is 11.5 Å². The molecule has 5 heteroatoms. The highest BCUT2D eigenvalue weighted by Crippen LogP contribution is 2.29. The Kier molecular flexibility index (Phi) is 3.15. The smallest absolute Gasteiger partial charge is 0.151 e. The Morgan fingerprint density at radius 1 is 1.29 bits per heavy atom. The Hall–Kier alpha value is -1.81. The van der Waals surface area contributed by atoms with Gasteiger partial charge in [-0.15, -0.1) is 0 Å². The van der Waals surface area contributed by atoms with Gasteiger partial charge in [0.05, 0.1) is 5.69 Å². The summed E-state index contributed by atoms with van der Waals surface area (Å²) in [6, 6.07) is 5.16. The van der Waals surface area contributed by atoms with Crippen molar-refractivity contribution in [1.82, 2.24) is 9.97 Å². The van der Waals surface area contributed by atoms with E-state index < -0.39 is 0 Å². The number of nitrogens with zero attached hydrogens (tertiary/aromatic N) is 2. The zero-order chi connectivity index (χ0) is 12.4. The molecule has 0 saturated carbocycles. The summed E-state index contributed by atoms with van der Waals surface area (Å²) in [5.74, 6) is 1.81. The fourth-order valence-corrected chi connectivity index (χ4v) is 1.73. The number of hydrogen-bond donors (Lipinski definition) is 1. The summed E-state index contributed by atoms with van der Waals surface area (Å²) >= 11 is 5.79. The Morgan fingerprint density at radius 3 is 2.71 bits per heavy atom. The minimum absolute atomic E-state index is 0.390. The first-order valence-electron chi connectivity index (χ1n) is 5.09. The molecule has 17 heavy (non-hydrogen) atoms. The average Bonchev–Trinajstić information content (AvgIpc) is 2.23. The van der Waals surface area contributed by atoms with E-state index >= 15 is 0 Å². The highest BCUT2D eigenvalue weighted by molar-refractivity contribution is 6.29. The molecular formula is C12H12ClN3O. The van der Waals surface area contributed by atoms with Gasteiger partial charge in [0.25, 0.3) is 0 Å². The first kappa shape index (κ1) is 11.7. The number of nitrogen functional groups attached to an aromatic ring is 1. The van der Waals surface area contributed by atoms with Crippen molar-refractivity contribution in [1.29, 1.82) is 0 Å². The molecule has 0 aromatic carbocycles. The molecule has 0 unspecified atom stereocenters. The Bertz CT molecular complexity index is 534. The van der Waals surface area contributed by atoms with Crippen molar-refractivity contribution in [3.63, 3.8) is 0 Å². The third-order valence-corrected chi connectivity index (χ3v) is 2.47. The summed E-state index contributed by atoms with van der Waals surface area (Å²) in [6.07, 6.45) is 1.59. The predicted octanol–water partition coefficient (Wildman–Crippen LogP) is 3.12. The van der Waals surface area contributed by atoms with Gasteiger partial charge in [0, 0.05) is 12.3 Å². The van der Waals surface area contributed by atoms with Gasteiger partial charge in [0.15, 0.2) is 5.75 Å². The molecule has 2 heterocycles. The standard InChI is InChI=1S/C12H12ClN3O/c1-7-5-11(14)16-8(2)12(7)17-9-3-4-15-10(13)6-9/h3-6H,1-2H3,(H2,14,16). The second kappa shape index (κ2) is 4.59. The molecular weight excluding hydrogens is 238 g/mol. The first-order chi connectivity index (χ1) is 8.06. The fourth-order valence-electron chi connectivity index (χ4n) is 1.57. The molecule has 0 aliphatic rings. The van der Waals surface area contributed by atoms with Crippen LogP contribution in [0.25, 0.3) is 0 Å². The number of hydrogen-bond acceptors (Lipinski definition) is 4. The highest BCUT2D eigenvalue weighted by atomic mass is 35.5. The topological polar surface area (TPSA) is 61.0 Å². The minimum atomic E-state index is 0.390. The van der Waals surface area contributed by atoms with Crippen LogP contribution in [0.2, 0.25) is 5.15 Å². The fraction of sp³-hybridized carbons (Fsp3) is 0.167. The predicted molar refractivity (Wildman–Crippen MR) is 67.4 cm³/mol. The maximum Gasteiger partial charge on any atom is 0.151 e. The van der Waals surface area contributed by atoms with Gasteiger partial charge in [0.2, 0.25) is 0 Å². The molecule has 2 N–H and O–H groups in total. The van der Waals surface area contributed by atoms with Crippen LogP contribution in [0.1, 0.15) is 11.3 Å². The number of aryl methyl sites for hydroxylation is 2. The Morgan fingerprint density at radius 2 is 2.06 bits per heavy atom. The van der Waals surface area contributed by atoms with Crippen LogP contribution in [0.4, 0.5) is 5.82 Å². The van der Waals surface area contributed by atoms with Crippen LogP contribution < -0.4 is 10.5 Å². The Labute approximate surface area is 104 Å². The summed E-state index contributed by atoms with van der Waals surface area (Å²) in [6.45, 7) is 3.77. The van der Waals surface area contributed by atoms with Gasteiger partial charge in [-0.2, -0.15) is 0 Å². The zero-order valence-electron chi connectivity index (χ0n) is 9.57. The van der Waals surface area contributed by atoms with E-state index in [0.29, 0.717) is 22.5 Å². The Balaban J connectivity index is 2.36. The van der Waals surface area contributed by atoms with Crippen molar-refractivity contribution >= 4 is 17.4 Å². The number of anilines is 1. The summed E-state index contributed by atoms with van der Waals surface area (Å²) in [7, 11) is 0. The second-order valence-corrected chi connectivity index (χ2v) is 4.08. The van der Waals surface area contributed by atoms with Gasteiger partial charge in [-0.1, -0.05) is 11.6 Å². The number of rotatable bonds is 2. The number of aromatic nitrogens is 2. The second-order valence-electron chi connectivity index (χ2n) is 3.69. The lowest BCUT2D eigenvalue weighted by Gasteiger charge is -2.11. The third-order valence-electron chi connectivity index (χ3n) is 2.27. The SMILES string of the molecule is Cc1cc(N)nc(C)c1Oc1ccnc(Cl)c1. The molecule has 0 radical (unpaired) electrons. The van der Waals surface area contributed by atoms with E-state index in [0.717, 1.165) is 11.3 Å². The van der Waals surface area contributed by atoms with Gasteiger partial charge in [-0.3, -0.25) is 0 Å². The van der Waals surface area contributed by atoms with E-state index in [1.165, 1.54) is 0 Å². The molecule has 2 aromatic heterocycles. The molecule has 2 aromatic rings. The molecule has 0 aliphatic carbocycles. The van der Waals surface area contributed by atoms with E-state index in [-0.39, 0.29) is 0 Å².